The van der Waals surface area contributed by atoms with Gasteiger partial charge in [-0.1, -0.05) is 30.3 Å². The molecule has 1 aliphatic heterocycles. The Morgan fingerprint density at radius 1 is 0.955 bits per heavy atom. The van der Waals surface area contributed by atoms with Crippen LogP contribution >= 0.6 is 0 Å². The van der Waals surface area contributed by atoms with E-state index in [9.17, 15) is 9.59 Å². The van der Waals surface area contributed by atoms with Crippen molar-refractivity contribution in [1.29, 1.82) is 0 Å². The van der Waals surface area contributed by atoms with Gasteiger partial charge >= 0.3 is 5.97 Å². The molecule has 0 radical (unpaired) electrons. The third-order valence-corrected chi connectivity index (χ3v) is 9.75. The van der Waals surface area contributed by atoms with Gasteiger partial charge in [0.2, 0.25) is 0 Å². The maximum atomic E-state index is 13.0. The first-order chi connectivity index (χ1) is 21.0. The summed E-state index contributed by atoms with van der Waals surface area (Å²) in [5.41, 5.74) is 6.53. The standard InChI is InChI=1S/C37H47NO6/c1-24(35(40)38-44-34-7-5-6-16-41-34)42-32-14-13-30(20-31(32)37-21-26-17-27(22-37)19-28(18-26)23-37)29-11-8-25(9-12-29)10-15-33(39)43-36(2,3)4/h8-15,20,24,26-28,34H,5-7,16-19,21-23H2,1-4H3,(H,38,40). The first kappa shape index (κ1) is 30.8. The topological polar surface area (TPSA) is 83.1 Å². The number of esters is 1. The molecule has 1 saturated heterocycles. The molecule has 4 aliphatic carbocycles. The van der Waals surface area contributed by atoms with E-state index in [2.05, 4.69) is 35.8 Å². The predicted octanol–water partition coefficient (Wildman–Crippen LogP) is 7.52. The zero-order chi connectivity index (χ0) is 30.9. The van der Waals surface area contributed by atoms with Crippen LogP contribution in [0.1, 0.15) is 96.6 Å². The lowest BCUT2D eigenvalue weighted by molar-refractivity contribution is -0.202. The Morgan fingerprint density at radius 3 is 2.23 bits per heavy atom. The molecule has 236 valence electrons. The van der Waals surface area contributed by atoms with Crippen LogP contribution in [0.3, 0.4) is 0 Å². The smallest absolute Gasteiger partial charge is 0.331 e. The fourth-order valence-corrected chi connectivity index (χ4v) is 8.21. The summed E-state index contributed by atoms with van der Waals surface area (Å²) in [6.45, 7) is 8.01. The lowest BCUT2D eigenvalue weighted by Crippen LogP contribution is -2.49. The molecule has 0 spiro atoms. The van der Waals surface area contributed by atoms with Crippen molar-refractivity contribution in [3.05, 3.63) is 59.7 Å². The van der Waals surface area contributed by atoms with Crippen LogP contribution in [0.15, 0.2) is 48.5 Å². The number of benzene rings is 2. The summed E-state index contributed by atoms with van der Waals surface area (Å²) in [5, 5.41) is 0. The molecule has 4 saturated carbocycles. The van der Waals surface area contributed by atoms with E-state index in [1.54, 1.807) is 13.0 Å². The van der Waals surface area contributed by atoms with Gasteiger partial charge in [-0.25, -0.2) is 15.1 Å². The van der Waals surface area contributed by atoms with E-state index < -0.39 is 18.0 Å². The fourth-order valence-electron chi connectivity index (χ4n) is 8.21. The summed E-state index contributed by atoms with van der Waals surface area (Å²) in [7, 11) is 0. The molecule has 7 heteroatoms. The minimum atomic E-state index is -0.715. The van der Waals surface area contributed by atoms with Crippen molar-refractivity contribution in [2.45, 2.75) is 109 Å². The zero-order valence-electron chi connectivity index (χ0n) is 26.6. The molecule has 5 fully saturated rings. The third kappa shape index (κ3) is 7.21. The van der Waals surface area contributed by atoms with E-state index in [-0.39, 0.29) is 17.3 Å². The quantitative estimate of drug-likeness (QED) is 0.182. The Hall–Kier alpha value is -3.16. The largest absolute Gasteiger partial charge is 0.481 e. The van der Waals surface area contributed by atoms with Gasteiger partial charge < -0.3 is 14.2 Å². The van der Waals surface area contributed by atoms with Gasteiger partial charge in [-0.05, 0) is 137 Å². The number of nitrogens with one attached hydrogen (secondary N) is 1. The lowest BCUT2D eigenvalue weighted by atomic mass is 9.48. The van der Waals surface area contributed by atoms with E-state index in [1.165, 1.54) is 50.2 Å². The summed E-state index contributed by atoms with van der Waals surface area (Å²) < 4.78 is 17.4. The molecule has 1 N–H and O–H groups in total. The van der Waals surface area contributed by atoms with E-state index in [0.717, 1.165) is 59.5 Å². The van der Waals surface area contributed by atoms with Crippen LogP contribution in [0.4, 0.5) is 0 Å². The van der Waals surface area contributed by atoms with Gasteiger partial charge in [-0.15, -0.1) is 0 Å². The molecular weight excluding hydrogens is 554 g/mol. The molecular formula is C37H47NO6. The van der Waals surface area contributed by atoms with Gasteiger partial charge in [-0.3, -0.25) is 4.79 Å². The van der Waals surface area contributed by atoms with Gasteiger partial charge in [0.1, 0.15) is 11.4 Å². The number of ether oxygens (including phenoxy) is 3. The second-order valence-electron chi connectivity index (χ2n) is 14.5. The number of hydrogen-bond donors (Lipinski definition) is 1. The van der Waals surface area contributed by atoms with Crippen LogP contribution in [0.5, 0.6) is 5.75 Å². The first-order valence-electron chi connectivity index (χ1n) is 16.4. The molecule has 0 aromatic heterocycles. The molecule has 2 aromatic rings. The van der Waals surface area contributed by atoms with Crippen molar-refractivity contribution in [2.24, 2.45) is 17.8 Å². The highest BCUT2D eigenvalue weighted by atomic mass is 16.8. The van der Waals surface area contributed by atoms with E-state index in [4.69, 9.17) is 19.0 Å². The first-order valence-corrected chi connectivity index (χ1v) is 16.4. The molecule has 4 bridgehead atoms. The van der Waals surface area contributed by atoms with E-state index in [0.29, 0.717) is 6.61 Å². The zero-order valence-corrected chi connectivity index (χ0v) is 26.6. The Balaban J connectivity index is 1.22. The van der Waals surface area contributed by atoms with Crippen LogP contribution < -0.4 is 10.2 Å². The van der Waals surface area contributed by atoms with E-state index >= 15 is 0 Å². The SMILES string of the molecule is CC(Oc1ccc(-c2ccc(C=CC(=O)OC(C)(C)C)cc2)cc1C12CC3CC(CC(C3)C1)C2)C(=O)NOC1CCCCO1. The van der Waals surface area contributed by atoms with Crippen molar-refractivity contribution in [2.75, 3.05) is 6.61 Å². The Bertz CT molecular complexity index is 1330. The average molecular weight is 602 g/mol. The molecule has 44 heavy (non-hydrogen) atoms. The van der Waals surface area contributed by atoms with Crippen molar-refractivity contribution in [3.8, 4) is 16.9 Å². The predicted molar refractivity (Wildman–Crippen MR) is 170 cm³/mol. The fraction of sp³-hybridized carbons (Fsp3) is 0.568. The summed E-state index contributed by atoms with van der Waals surface area (Å²) in [6.07, 6.45) is 12.6. The molecule has 2 aromatic carbocycles. The molecule has 7 rings (SSSR count). The lowest BCUT2D eigenvalue weighted by Gasteiger charge is -2.57. The second-order valence-corrected chi connectivity index (χ2v) is 14.5. The monoisotopic (exact) mass is 601 g/mol. The average Bonchev–Trinajstić information content (AvgIpc) is 2.98. The van der Waals surface area contributed by atoms with Crippen molar-refractivity contribution in [3.63, 3.8) is 0 Å². The molecule has 2 atom stereocenters. The molecule has 7 nitrogen and oxygen atoms in total. The van der Waals surface area contributed by atoms with Crippen LogP contribution in [0.2, 0.25) is 0 Å². The number of hydrogen-bond acceptors (Lipinski definition) is 6. The van der Waals surface area contributed by atoms with Crippen LogP contribution in [-0.2, 0) is 29.3 Å². The van der Waals surface area contributed by atoms with Crippen molar-refractivity contribution < 1.29 is 28.6 Å². The maximum Gasteiger partial charge on any atom is 0.331 e. The molecule has 5 aliphatic rings. The Kier molecular flexibility index (Phi) is 8.89. The normalized spacial score (nSPS) is 28.5. The molecule has 2 unspecified atom stereocenters. The Morgan fingerprint density at radius 2 is 1.61 bits per heavy atom. The number of carbonyl (C=O) groups is 2. The van der Waals surface area contributed by atoms with Crippen LogP contribution in [-0.4, -0.2) is 36.5 Å². The molecule has 1 amide bonds. The number of carbonyl (C=O) groups excluding carboxylic acids is 2. The minimum Gasteiger partial charge on any atom is -0.481 e. The Labute approximate surface area is 261 Å². The maximum absolute atomic E-state index is 13.0. The van der Waals surface area contributed by atoms with E-state index in [1.807, 2.05) is 32.9 Å². The van der Waals surface area contributed by atoms with Gasteiger partial charge in [0.25, 0.3) is 5.91 Å². The summed E-state index contributed by atoms with van der Waals surface area (Å²) in [4.78, 5) is 30.6. The van der Waals surface area contributed by atoms with Crippen molar-refractivity contribution >= 4 is 18.0 Å². The highest BCUT2D eigenvalue weighted by Crippen LogP contribution is 2.62. The van der Waals surface area contributed by atoms with Crippen LogP contribution in [0, 0.1) is 17.8 Å². The van der Waals surface area contributed by atoms with Gasteiger partial charge in [0.15, 0.2) is 12.4 Å². The summed E-state index contributed by atoms with van der Waals surface area (Å²) in [6, 6.07) is 14.7. The van der Waals surface area contributed by atoms with Gasteiger partial charge in [0.05, 0.1) is 0 Å². The highest BCUT2D eigenvalue weighted by Gasteiger charge is 2.52. The van der Waals surface area contributed by atoms with Crippen molar-refractivity contribution in [1.82, 2.24) is 5.48 Å². The number of hydroxylamine groups is 1. The number of amides is 1. The minimum absolute atomic E-state index is 0.0822. The number of rotatable bonds is 9. The summed E-state index contributed by atoms with van der Waals surface area (Å²) >= 11 is 0. The third-order valence-electron chi connectivity index (χ3n) is 9.75. The van der Waals surface area contributed by atoms with Crippen LogP contribution in [0.25, 0.3) is 17.2 Å². The van der Waals surface area contributed by atoms with Gasteiger partial charge in [-0.2, -0.15) is 0 Å². The second kappa shape index (κ2) is 12.7. The highest BCUT2D eigenvalue weighted by molar-refractivity contribution is 5.87. The van der Waals surface area contributed by atoms with Gasteiger partial charge in [0, 0.05) is 24.7 Å². The molecule has 1 heterocycles. The summed E-state index contributed by atoms with van der Waals surface area (Å²) in [5.74, 6) is 2.46.